The predicted molar refractivity (Wildman–Crippen MR) is 101 cm³/mol. The summed E-state index contributed by atoms with van der Waals surface area (Å²) < 4.78 is 10.7. The number of carbonyl (C=O) groups is 1. The Morgan fingerprint density at radius 1 is 1.15 bits per heavy atom. The second-order valence-electron chi connectivity index (χ2n) is 5.99. The first-order chi connectivity index (χ1) is 12.7. The molecule has 0 unspecified atom stereocenters. The highest BCUT2D eigenvalue weighted by atomic mass is 32.1. The third-order valence-electron chi connectivity index (χ3n) is 4.16. The summed E-state index contributed by atoms with van der Waals surface area (Å²) in [7, 11) is 0. The summed E-state index contributed by atoms with van der Waals surface area (Å²) >= 11 is 1.42. The van der Waals surface area contributed by atoms with Gasteiger partial charge in [-0.25, -0.2) is 4.98 Å². The summed E-state index contributed by atoms with van der Waals surface area (Å²) in [5.74, 6) is 1.45. The molecule has 1 N–H and O–H groups in total. The molecule has 0 fully saturated rings. The van der Waals surface area contributed by atoms with E-state index in [1.54, 1.807) is 0 Å². The lowest BCUT2D eigenvalue weighted by molar-refractivity contribution is 0.0957. The Hall–Kier alpha value is -2.86. The van der Waals surface area contributed by atoms with Crippen LogP contribution in [0.1, 0.15) is 20.9 Å². The van der Waals surface area contributed by atoms with E-state index in [2.05, 4.69) is 10.3 Å². The number of fused-ring (bicyclic) bond motifs is 1. The Morgan fingerprint density at radius 2 is 1.96 bits per heavy atom. The van der Waals surface area contributed by atoms with Crippen molar-refractivity contribution in [3.05, 3.63) is 64.7 Å². The van der Waals surface area contributed by atoms with E-state index in [9.17, 15) is 4.79 Å². The van der Waals surface area contributed by atoms with Crippen LogP contribution in [0.5, 0.6) is 11.5 Å². The lowest BCUT2D eigenvalue weighted by atomic mass is 10.1. The first-order valence-corrected chi connectivity index (χ1v) is 9.22. The highest BCUT2D eigenvalue weighted by Crippen LogP contribution is 2.32. The lowest BCUT2D eigenvalue weighted by Gasteiger charge is -2.05. The van der Waals surface area contributed by atoms with E-state index in [-0.39, 0.29) is 12.7 Å². The van der Waals surface area contributed by atoms with Crippen molar-refractivity contribution in [3.63, 3.8) is 0 Å². The van der Waals surface area contributed by atoms with Crippen molar-refractivity contribution in [2.24, 2.45) is 0 Å². The van der Waals surface area contributed by atoms with Gasteiger partial charge in [-0.3, -0.25) is 4.79 Å². The monoisotopic (exact) mass is 366 g/mol. The molecule has 4 rings (SSSR count). The summed E-state index contributed by atoms with van der Waals surface area (Å²) in [5, 5.41) is 3.85. The van der Waals surface area contributed by atoms with Gasteiger partial charge in [-0.15, -0.1) is 11.3 Å². The molecule has 6 heteroatoms. The quantitative estimate of drug-likeness (QED) is 0.746. The maximum atomic E-state index is 12.5. The first-order valence-electron chi connectivity index (χ1n) is 8.40. The number of ether oxygens (including phenoxy) is 2. The fourth-order valence-electron chi connectivity index (χ4n) is 2.81. The number of hydrogen-bond donors (Lipinski definition) is 1. The zero-order valence-corrected chi connectivity index (χ0v) is 15.1. The number of carbonyl (C=O) groups excluding carboxylic acids is 1. The third-order valence-corrected chi connectivity index (χ3v) is 5.37. The number of thiazole rings is 1. The summed E-state index contributed by atoms with van der Waals surface area (Å²) in [4.78, 5) is 17.7. The van der Waals surface area contributed by atoms with Crippen LogP contribution in [0.25, 0.3) is 10.6 Å². The van der Waals surface area contributed by atoms with Crippen LogP contribution in [-0.2, 0) is 6.42 Å². The Kier molecular flexibility index (Phi) is 4.58. The van der Waals surface area contributed by atoms with Crippen LogP contribution in [0.3, 0.4) is 0 Å². The minimum Gasteiger partial charge on any atom is -0.454 e. The van der Waals surface area contributed by atoms with Crippen LogP contribution >= 0.6 is 11.3 Å². The van der Waals surface area contributed by atoms with Crippen molar-refractivity contribution in [1.29, 1.82) is 0 Å². The van der Waals surface area contributed by atoms with Gasteiger partial charge in [-0.1, -0.05) is 36.4 Å². The van der Waals surface area contributed by atoms with Gasteiger partial charge >= 0.3 is 0 Å². The Balaban J connectivity index is 1.39. The number of nitrogens with zero attached hydrogens (tertiary/aromatic N) is 1. The van der Waals surface area contributed by atoms with Crippen molar-refractivity contribution in [2.75, 3.05) is 13.3 Å². The second kappa shape index (κ2) is 7.17. The topological polar surface area (TPSA) is 60.5 Å². The highest BCUT2D eigenvalue weighted by Gasteiger charge is 2.16. The van der Waals surface area contributed by atoms with Gasteiger partial charge in [0, 0.05) is 12.1 Å². The maximum absolute atomic E-state index is 12.5. The molecule has 0 bridgehead atoms. The standard InChI is InChI=1S/C20H18N2O3S/c1-13-18(26-20(22-13)15-5-3-2-4-6-15)19(23)21-10-9-14-7-8-16-17(11-14)25-12-24-16/h2-8,11H,9-10,12H2,1H3,(H,21,23). The molecule has 5 nitrogen and oxygen atoms in total. The highest BCUT2D eigenvalue weighted by molar-refractivity contribution is 7.17. The normalized spacial score (nSPS) is 12.2. The average Bonchev–Trinajstić information content (AvgIpc) is 3.28. The molecule has 0 aliphatic carbocycles. The van der Waals surface area contributed by atoms with Gasteiger partial charge in [0.25, 0.3) is 5.91 Å². The van der Waals surface area contributed by atoms with Gasteiger partial charge in [0.2, 0.25) is 6.79 Å². The van der Waals surface area contributed by atoms with Gasteiger partial charge in [0.15, 0.2) is 11.5 Å². The number of aryl methyl sites for hydroxylation is 1. The molecule has 1 amide bonds. The van der Waals surface area contributed by atoms with Crippen LogP contribution in [-0.4, -0.2) is 24.2 Å². The second-order valence-corrected chi connectivity index (χ2v) is 6.99. The average molecular weight is 366 g/mol. The molecule has 0 radical (unpaired) electrons. The zero-order valence-electron chi connectivity index (χ0n) is 14.3. The van der Waals surface area contributed by atoms with E-state index in [0.29, 0.717) is 11.4 Å². The number of benzene rings is 2. The summed E-state index contributed by atoms with van der Waals surface area (Å²) in [6, 6.07) is 15.8. The lowest BCUT2D eigenvalue weighted by Crippen LogP contribution is -2.25. The molecule has 26 heavy (non-hydrogen) atoms. The molecular weight excluding hydrogens is 348 g/mol. The van der Waals surface area contributed by atoms with Crippen LogP contribution in [0, 0.1) is 6.92 Å². The number of hydrogen-bond acceptors (Lipinski definition) is 5. The number of nitrogens with one attached hydrogen (secondary N) is 1. The maximum Gasteiger partial charge on any atom is 0.263 e. The van der Waals surface area contributed by atoms with E-state index in [0.717, 1.165) is 39.7 Å². The smallest absolute Gasteiger partial charge is 0.263 e. The van der Waals surface area contributed by atoms with Crippen molar-refractivity contribution >= 4 is 17.2 Å². The number of rotatable bonds is 5. The van der Waals surface area contributed by atoms with Gasteiger partial charge in [0.05, 0.1) is 5.69 Å². The van der Waals surface area contributed by atoms with Crippen molar-refractivity contribution in [3.8, 4) is 22.1 Å². The molecule has 3 aromatic rings. The Morgan fingerprint density at radius 3 is 2.81 bits per heavy atom. The number of amides is 1. The first kappa shape index (κ1) is 16.6. The summed E-state index contributed by atoms with van der Waals surface area (Å²) in [6.45, 7) is 2.69. The van der Waals surface area contributed by atoms with E-state index >= 15 is 0 Å². The number of aromatic nitrogens is 1. The SMILES string of the molecule is Cc1nc(-c2ccccc2)sc1C(=O)NCCc1ccc2c(c1)OCO2. The molecule has 1 aliphatic heterocycles. The molecule has 0 atom stereocenters. The molecule has 132 valence electrons. The zero-order chi connectivity index (χ0) is 17.9. The molecule has 0 spiro atoms. The summed E-state index contributed by atoms with van der Waals surface area (Å²) in [5.41, 5.74) is 2.88. The van der Waals surface area contributed by atoms with Gasteiger partial charge in [-0.2, -0.15) is 0 Å². The molecule has 2 aromatic carbocycles. The van der Waals surface area contributed by atoms with Crippen LogP contribution in [0.2, 0.25) is 0 Å². The molecule has 1 aromatic heterocycles. The van der Waals surface area contributed by atoms with E-state index in [1.165, 1.54) is 11.3 Å². The third kappa shape index (κ3) is 3.41. The Labute approximate surface area is 155 Å². The molecule has 1 aliphatic rings. The molecule has 2 heterocycles. The minimum atomic E-state index is -0.0806. The Bertz CT molecular complexity index is 937. The largest absolute Gasteiger partial charge is 0.454 e. The van der Waals surface area contributed by atoms with E-state index in [1.807, 2.05) is 55.5 Å². The molecular formula is C20H18N2O3S. The van der Waals surface area contributed by atoms with Gasteiger partial charge in [0.1, 0.15) is 9.88 Å². The van der Waals surface area contributed by atoms with Crippen molar-refractivity contribution < 1.29 is 14.3 Å². The van der Waals surface area contributed by atoms with Gasteiger partial charge in [-0.05, 0) is 31.0 Å². The van der Waals surface area contributed by atoms with Crippen LogP contribution in [0.4, 0.5) is 0 Å². The fraction of sp³-hybridized carbons (Fsp3) is 0.200. The molecule has 0 saturated heterocycles. The molecule has 0 saturated carbocycles. The van der Waals surface area contributed by atoms with Gasteiger partial charge < -0.3 is 14.8 Å². The fourth-order valence-corrected chi connectivity index (χ4v) is 3.80. The predicted octanol–water partition coefficient (Wildman–Crippen LogP) is 3.82. The van der Waals surface area contributed by atoms with E-state index in [4.69, 9.17) is 9.47 Å². The minimum absolute atomic E-state index is 0.0806. The summed E-state index contributed by atoms with van der Waals surface area (Å²) in [6.07, 6.45) is 0.728. The van der Waals surface area contributed by atoms with Crippen molar-refractivity contribution in [2.45, 2.75) is 13.3 Å². The van der Waals surface area contributed by atoms with Crippen LogP contribution in [0.15, 0.2) is 48.5 Å². The van der Waals surface area contributed by atoms with Crippen LogP contribution < -0.4 is 14.8 Å². The van der Waals surface area contributed by atoms with E-state index < -0.39 is 0 Å². The van der Waals surface area contributed by atoms with Crippen molar-refractivity contribution in [1.82, 2.24) is 10.3 Å².